The van der Waals surface area contributed by atoms with E-state index in [1.54, 1.807) is 36.4 Å². The van der Waals surface area contributed by atoms with Crippen LogP contribution in [0.15, 0.2) is 102 Å². The molecule has 1 fully saturated rings. The fraction of sp³-hybridized carbons (Fsp3) is 0.297. The second-order valence-electron chi connectivity index (χ2n) is 12.1. The van der Waals surface area contributed by atoms with Gasteiger partial charge in [0.1, 0.15) is 18.4 Å². The molecule has 1 aliphatic carbocycles. The smallest absolute Gasteiger partial charge is 0.264 e. The first-order valence-corrected chi connectivity index (χ1v) is 18.1. The largest absolute Gasteiger partial charge is 0.352 e. The van der Waals surface area contributed by atoms with Crippen LogP contribution >= 0.6 is 23.2 Å². The highest BCUT2D eigenvalue weighted by Gasteiger charge is 2.36. The SMILES string of the molecule is Cc1ccc(S(=O)(=O)N(CC(=O)N(Cc2ccccc2F)[C@H](Cc2ccccc2)C(=O)NC2CCCCC2)c2cccc(Cl)c2Cl)cc1. The Hall–Kier alpha value is -3.92. The van der Waals surface area contributed by atoms with Gasteiger partial charge in [0.25, 0.3) is 10.0 Å². The minimum atomic E-state index is -4.38. The molecule has 4 aromatic carbocycles. The van der Waals surface area contributed by atoms with Gasteiger partial charge in [-0.15, -0.1) is 0 Å². The summed E-state index contributed by atoms with van der Waals surface area (Å²) in [6.45, 7) is 0.826. The fourth-order valence-electron chi connectivity index (χ4n) is 5.94. The van der Waals surface area contributed by atoms with Crippen LogP contribution in [0.5, 0.6) is 0 Å². The van der Waals surface area contributed by atoms with Crippen molar-refractivity contribution in [3.63, 3.8) is 0 Å². The van der Waals surface area contributed by atoms with Crippen molar-refractivity contribution in [3.05, 3.63) is 130 Å². The molecule has 0 aromatic heterocycles. The maximum absolute atomic E-state index is 15.2. The van der Waals surface area contributed by atoms with Crippen molar-refractivity contribution in [2.24, 2.45) is 0 Å². The number of nitrogens with zero attached hydrogens (tertiary/aromatic N) is 2. The van der Waals surface area contributed by atoms with Gasteiger partial charge in [0.2, 0.25) is 11.8 Å². The molecule has 4 aromatic rings. The molecule has 1 saturated carbocycles. The van der Waals surface area contributed by atoms with Crippen LogP contribution in [0.3, 0.4) is 0 Å². The molecular formula is C37H38Cl2FN3O4S. The molecule has 0 aliphatic heterocycles. The summed E-state index contributed by atoms with van der Waals surface area (Å²) in [5.74, 6) is -1.66. The van der Waals surface area contributed by atoms with Gasteiger partial charge in [0, 0.05) is 24.6 Å². The monoisotopic (exact) mass is 709 g/mol. The Labute approximate surface area is 291 Å². The lowest BCUT2D eigenvalue weighted by Gasteiger charge is -2.35. The number of hydrogen-bond acceptors (Lipinski definition) is 4. The van der Waals surface area contributed by atoms with Gasteiger partial charge in [0.15, 0.2) is 0 Å². The van der Waals surface area contributed by atoms with E-state index in [2.05, 4.69) is 5.32 Å². The molecule has 1 aliphatic rings. The molecule has 11 heteroatoms. The summed E-state index contributed by atoms with van der Waals surface area (Å²) in [7, 11) is -4.38. The molecule has 0 bridgehead atoms. The van der Waals surface area contributed by atoms with Crippen LogP contribution in [0, 0.1) is 12.7 Å². The third kappa shape index (κ3) is 8.56. The molecule has 5 rings (SSSR count). The van der Waals surface area contributed by atoms with E-state index in [0.717, 1.165) is 47.5 Å². The summed E-state index contributed by atoms with van der Waals surface area (Å²) in [6.07, 6.45) is 4.83. The minimum absolute atomic E-state index is 0.00444. The Balaban J connectivity index is 1.59. The van der Waals surface area contributed by atoms with Gasteiger partial charge in [-0.2, -0.15) is 0 Å². The summed E-state index contributed by atoms with van der Waals surface area (Å²) in [4.78, 5) is 30.0. The molecule has 0 unspecified atom stereocenters. The molecule has 1 atom stereocenters. The van der Waals surface area contributed by atoms with Crippen molar-refractivity contribution < 1.29 is 22.4 Å². The van der Waals surface area contributed by atoms with Gasteiger partial charge in [-0.25, -0.2) is 12.8 Å². The van der Waals surface area contributed by atoms with Crippen molar-refractivity contribution >= 4 is 50.7 Å². The van der Waals surface area contributed by atoms with Crippen molar-refractivity contribution in [1.82, 2.24) is 10.2 Å². The summed E-state index contributed by atoms with van der Waals surface area (Å²) >= 11 is 12.9. The number of aryl methyl sites for hydroxylation is 1. The normalized spacial score (nSPS) is 14.2. The fourth-order valence-corrected chi connectivity index (χ4v) is 7.82. The number of nitrogens with one attached hydrogen (secondary N) is 1. The van der Waals surface area contributed by atoms with E-state index in [1.807, 2.05) is 37.3 Å². The summed E-state index contributed by atoms with van der Waals surface area (Å²) in [6, 6.07) is 24.8. The zero-order valence-corrected chi connectivity index (χ0v) is 28.9. The van der Waals surface area contributed by atoms with E-state index in [1.165, 1.54) is 35.2 Å². The van der Waals surface area contributed by atoms with Crippen LogP contribution in [0.25, 0.3) is 0 Å². The average molecular weight is 711 g/mol. The second kappa shape index (κ2) is 16.0. The Morgan fingerprint density at radius 3 is 2.23 bits per heavy atom. The van der Waals surface area contributed by atoms with E-state index < -0.39 is 34.3 Å². The second-order valence-corrected chi connectivity index (χ2v) is 14.7. The Kier molecular flexibility index (Phi) is 11.8. The van der Waals surface area contributed by atoms with Crippen LogP contribution in [-0.4, -0.2) is 43.8 Å². The lowest BCUT2D eigenvalue weighted by Crippen LogP contribution is -2.55. The maximum atomic E-state index is 15.2. The molecule has 0 heterocycles. The predicted molar refractivity (Wildman–Crippen MR) is 188 cm³/mol. The standard InChI is InChI=1S/C37H38Cl2FN3O4S/c1-26-19-21-30(22-20-26)48(46,47)43(33-18-10-16-31(38)36(33)39)25-35(44)42(24-28-13-8-9-17-32(28)40)34(23-27-11-4-2-5-12-27)37(45)41-29-14-6-3-7-15-29/h2,4-5,8-13,16-22,29,34H,3,6-7,14-15,23-25H2,1H3,(H,41,45)/t34-/m1/s1. The van der Waals surface area contributed by atoms with E-state index in [9.17, 15) is 18.0 Å². The van der Waals surface area contributed by atoms with Crippen molar-refractivity contribution in [2.45, 2.75) is 69.0 Å². The number of carbonyl (C=O) groups is 2. The quantitative estimate of drug-likeness (QED) is 0.163. The highest BCUT2D eigenvalue weighted by atomic mass is 35.5. The number of halogens is 3. The number of anilines is 1. The number of hydrogen-bond donors (Lipinski definition) is 1. The van der Waals surface area contributed by atoms with Gasteiger partial charge in [-0.1, -0.05) is 115 Å². The number of amides is 2. The minimum Gasteiger partial charge on any atom is -0.352 e. The molecule has 48 heavy (non-hydrogen) atoms. The van der Waals surface area contributed by atoms with E-state index in [4.69, 9.17) is 23.2 Å². The third-order valence-electron chi connectivity index (χ3n) is 8.61. The van der Waals surface area contributed by atoms with Gasteiger partial charge in [0.05, 0.1) is 20.6 Å². The van der Waals surface area contributed by atoms with E-state index in [-0.39, 0.29) is 51.1 Å². The molecule has 2 amide bonds. The predicted octanol–water partition coefficient (Wildman–Crippen LogP) is 7.73. The first-order valence-electron chi connectivity index (χ1n) is 15.9. The lowest BCUT2D eigenvalue weighted by molar-refractivity contribution is -0.140. The highest BCUT2D eigenvalue weighted by molar-refractivity contribution is 7.92. The van der Waals surface area contributed by atoms with Crippen LogP contribution in [-0.2, 0) is 32.6 Å². The van der Waals surface area contributed by atoms with Crippen molar-refractivity contribution in [3.8, 4) is 0 Å². The highest BCUT2D eigenvalue weighted by Crippen LogP contribution is 2.36. The van der Waals surface area contributed by atoms with E-state index >= 15 is 4.39 Å². The van der Waals surface area contributed by atoms with Crippen LogP contribution in [0.1, 0.15) is 48.8 Å². The topological polar surface area (TPSA) is 86.8 Å². The number of sulfonamides is 1. The first kappa shape index (κ1) is 35.4. The number of rotatable bonds is 12. The zero-order chi connectivity index (χ0) is 34.3. The average Bonchev–Trinajstić information content (AvgIpc) is 3.08. The third-order valence-corrected chi connectivity index (χ3v) is 11.2. The number of benzene rings is 4. The number of carbonyl (C=O) groups excluding carboxylic acids is 2. The van der Waals surface area contributed by atoms with Crippen LogP contribution in [0.4, 0.5) is 10.1 Å². The summed E-state index contributed by atoms with van der Waals surface area (Å²) in [5, 5.41) is 3.18. The molecule has 252 valence electrons. The Morgan fingerprint density at radius 1 is 0.875 bits per heavy atom. The molecule has 1 N–H and O–H groups in total. The molecule has 0 saturated heterocycles. The van der Waals surface area contributed by atoms with Crippen LogP contribution in [0.2, 0.25) is 10.0 Å². The first-order chi connectivity index (χ1) is 23.0. The van der Waals surface area contributed by atoms with Gasteiger partial charge in [-0.3, -0.25) is 13.9 Å². The molecule has 0 spiro atoms. The van der Waals surface area contributed by atoms with Gasteiger partial charge in [-0.05, 0) is 55.7 Å². The molecule has 0 radical (unpaired) electrons. The molecule has 7 nitrogen and oxygen atoms in total. The van der Waals surface area contributed by atoms with Crippen molar-refractivity contribution in [1.29, 1.82) is 0 Å². The Bertz CT molecular complexity index is 1840. The van der Waals surface area contributed by atoms with E-state index in [0.29, 0.717) is 0 Å². The molecular weight excluding hydrogens is 672 g/mol. The van der Waals surface area contributed by atoms with Crippen LogP contribution < -0.4 is 9.62 Å². The van der Waals surface area contributed by atoms with Gasteiger partial charge < -0.3 is 10.2 Å². The lowest BCUT2D eigenvalue weighted by atomic mass is 9.94. The maximum Gasteiger partial charge on any atom is 0.264 e. The zero-order valence-electron chi connectivity index (χ0n) is 26.6. The van der Waals surface area contributed by atoms with Gasteiger partial charge >= 0.3 is 0 Å². The summed E-state index contributed by atoms with van der Waals surface area (Å²) in [5.41, 5.74) is 1.81. The Morgan fingerprint density at radius 2 is 1.54 bits per heavy atom. The van der Waals surface area contributed by atoms with Crippen molar-refractivity contribution in [2.75, 3.05) is 10.8 Å². The summed E-state index contributed by atoms with van der Waals surface area (Å²) < 4.78 is 44.6.